The molecule has 1 amide bonds. The van der Waals surface area contributed by atoms with E-state index in [-0.39, 0.29) is 18.8 Å². The van der Waals surface area contributed by atoms with Gasteiger partial charge >= 0.3 is 6.09 Å². The van der Waals surface area contributed by atoms with E-state index in [1.807, 2.05) is 30.5 Å². The van der Waals surface area contributed by atoms with Crippen molar-refractivity contribution in [2.75, 3.05) is 19.4 Å². The molecular weight excluding hydrogens is 400 g/mol. The normalized spacial score (nSPS) is 10.9. The second-order valence-corrected chi connectivity index (χ2v) is 6.85. The zero-order valence-electron chi connectivity index (χ0n) is 15.5. The Kier molecular flexibility index (Phi) is 6.71. The van der Waals surface area contributed by atoms with Gasteiger partial charge in [0.15, 0.2) is 0 Å². The Bertz CT molecular complexity index is 960. The largest absolute Gasteiger partial charge is 0.492 e. The van der Waals surface area contributed by atoms with Crippen molar-refractivity contribution in [3.63, 3.8) is 0 Å². The summed E-state index contributed by atoms with van der Waals surface area (Å²) in [5.74, 6) is 0.547. The van der Waals surface area contributed by atoms with E-state index in [1.54, 1.807) is 36.0 Å². The van der Waals surface area contributed by atoms with Crippen molar-refractivity contribution in [2.24, 2.45) is 0 Å². The molecule has 2 N–H and O–H groups in total. The summed E-state index contributed by atoms with van der Waals surface area (Å²) in [5, 5.41) is 14.8. The van der Waals surface area contributed by atoms with Gasteiger partial charge < -0.3 is 15.2 Å². The highest BCUT2D eigenvalue weighted by Crippen LogP contribution is 2.30. The summed E-state index contributed by atoms with van der Waals surface area (Å²) < 4.78 is 33.5. The number of benzene rings is 2. The lowest BCUT2D eigenvalue weighted by atomic mass is 10.1. The summed E-state index contributed by atoms with van der Waals surface area (Å²) >= 11 is 1.59. The smallest absolute Gasteiger partial charge is 0.404 e. The lowest BCUT2D eigenvalue weighted by Crippen LogP contribution is -2.26. The number of halogens is 2. The van der Waals surface area contributed by atoms with E-state index in [4.69, 9.17) is 9.84 Å². The van der Waals surface area contributed by atoms with E-state index in [9.17, 15) is 13.6 Å². The topological polar surface area (TPSA) is 76.4 Å². The number of nitrogens with zero attached hydrogens (tertiary/aromatic N) is 2. The molecular formula is C20H19F2N3O3S. The van der Waals surface area contributed by atoms with Crippen molar-refractivity contribution >= 4 is 17.9 Å². The van der Waals surface area contributed by atoms with Crippen LogP contribution in [0.15, 0.2) is 59.5 Å². The second-order valence-electron chi connectivity index (χ2n) is 5.97. The maximum absolute atomic E-state index is 13.3. The summed E-state index contributed by atoms with van der Waals surface area (Å²) in [7, 11) is 0. The van der Waals surface area contributed by atoms with E-state index in [0.717, 1.165) is 4.90 Å². The van der Waals surface area contributed by atoms with Crippen molar-refractivity contribution in [2.45, 2.75) is 11.3 Å². The van der Waals surface area contributed by atoms with Crippen LogP contribution in [0.2, 0.25) is 0 Å². The molecule has 6 nitrogen and oxygen atoms in total. The molecule has 0 radical (unpaired) electrons. The predicted molar refractivity (Wildman–Crippen MR) is 107 cm³/mol. The molecule has 0 unspecified atom stereocenters. The van der Waals surface area contributed by atoms with E-state index in [0.29, 0.717) is 22.7 Å². The van der Waals surface area contributed by atoms with Crippen LogP contribution in [0.3, 0.4) is 0 Å². The number of nitrogens with one attached hydrogen (secondary N) is 1. The van der Waals surface area contributed by atoms with E-state index in [1.165, 1.54) is 10.7 Å². The molecule has 0 atom stereocenters. The van der Waals surface area contributed by atoms with Crippen molar-refractivity contribution < 1.29 is 23.4 Å². The molecule has 1 aromatic heterocycles. The monoisotopic (exact) mass is 419 g/mol. The number of carboxylic acid groups (broad SMARTS) is 1. The zero-order valence-corrected chi connectivity index (χ0v) is 16.3. The summed E-state index contributed by atoms with van der Waals surface area (Å²) in [6.45, 7) is 0.342. The lowest BCUT2D eigenvalue weighted by Gasteiger charge is -2.10. The Balaban J connectivity index is 1.84. The fraction of sp³-hybridized carbons (Fsp3) is 0.200. The van der Waals surface area contributed by atoms with Crippen LogP contribution in [0.4, 0.5) is 13.6 Å². The highest BCUT2D eigenvalue weighted by molar-refractivity contribution is 7.98. The van der Waals surface area contributed by atoms with E-state index >= 15 is 0 Å². The minimum atomic E-state index is -2.68. The standard InChI is InChI=1S/C20H19F2N3O3S/c1-29-16-8-4-14(5-9-16)25-18(12-17(24-25)19(21)22)13-2-6-15(7-3-13)28-11-10-23-20(26)27/h2-9,12,19,23H,10-11H2,1H3,(H,26,27). The van der Waals surface area contributed by atoms with Gasteiger partial charge in [0.1, 0.15) is 18.1 Å². The molecule has 29 heavy (non-hydrogen) atoms. The Morgan fingerprint density at radius 3 is 2.48 bits per heavy atom. The van der Waals surface area contributed by atoms with Crippen LogP contribution in [-0.2, 0) is 0 Å². The Labute approximate surface area is 170 Å². The van der Waals surface area contributed by atoms with Gasteiger partial charge in [-0.25, -0.2) is 18.3 Å². The van der Waals surface area contributed by atoms with Gasteiger partial charge in [0.2, 0.25) is 0 Å². The molecule has 9 heteroatoms. The molecule has 2 aromatic carbocycles. The molecule has 152 valence electrons. The molecule has 0 aliphatic rings. The average Bonchev–Trinajstić information content (AvgIpc) is 3.17. The van der Waals surface area contributed by atoms with Crippen LogP contribution in [-0.4, -0.2) is 40.4 Å². The fourth-order valence-corrected chi connectivity index (χ4v) is 3.09. The van der Waals surface area contributed by atoms with Crippen LogP contribution < -0.4 is 10.1 Å². The van der Waals surface area contributed by atoms with Gasteiger partial charge in [0.25, 0.3) is 6.43 Å². The molecule has 0 aliphatic heterocycles. The molecule has 0 aliphatic carbocycles. The molecule has 0 spiro atoms. The third kappa shape index (κ3) is 5.26. The van der Waals surface area contributed by atoms with Gasteiger partial charge in [-0.3, -0.25) is 0 Å². The third-order valence-electron chi connectivity index (χ3n) is 4.07. The number of ether oxygens (including phenoxy) is 1. The van der Waals surface area contributed by atoms with Crippen LogP contribution in [0.25, 0.3) is 16.9 Å². The average molecular weight is 419 g/mol. The maximum atomic E-state index is 13.3. The highest BCUT2D eigenvalue weighted by atomic mass is 32.2. The van der Waals surface area contributed by atoms with Crippen LogP contribution >= 0.6 is 11.8 Å². The third-order valence-corrected chi connectivity index (χ3v) is 4.81. The van der Waals surface area contributed by atoms with Crippen molar-refractivity contribution in [3.05, 3.63) is 60.3 Å². The SMILES string of the molecule is CSc1ccc(-n2nc(C(F)F)cc2-c2ccc(OCCNC(=O)O)cc2)cc1. The number of carbonyl (C=O) groups is 1. The fourth-order valence-electron chi connectivity index (χ4n) is 2.68. The van der Waals surface area contributed by atoms with Crippen molar-refractivity contribution in [1.82, 2.24) is 15.1 Å². The Morgan fingerprint density at radius 1 is 1.21 bits per heavy atom. The number of rotatable bonds is 8. The van der Waals surface area contributed by atoms with Gasteiger partial charge in [-0.15, -0.1) is 11.8 Å². The second kappa shape index (κ2) is 9.42. The first kappa shape index (κ1) is 20.7. The number of aromatic nitrogens is 2. The van der Waals surface area contributed by atoms with Crippen molar-refractivity contribution in [3.8, 4) is 22.7 Å². The Morgan fingerprint density at radius 2 is 1.90 bits per heavy atom. The summed E-state index contributed by atoms with van der Waals surface area (Å²) in [5.41, 5.74) is 1.63. The molecule has 0 saturated heterocycles. The summed E-state index contributed by atoms with van der Waals surface area (Å²) in [4.78, 5) is 11.5. The first-order valence-corrected chi connectivity index (χ1v) is 9.93. The molecule has 0 saturated carbocycles. The number of thioether (sulfide) groups is 1. The van der Waals surface area contributed by atoms with Gasteiger partial charge in [0, 0.05) is 10.5 Å². The lowest BCUT2D eigenvalue weighted by molar-refractivity contribution is 0.145. The van der Waals surface area contributed by atoms with Gasteiger partial charge in [0.05, 0.1) is 17.9 Å². The number of hydrogen-bond acceptors (Lipinski definition) is 4. The summed E-state index contributed by atoms with van der Waals surface area (Å²) in [6, 6.07) is 15.8. The van der Waals surface area contributed by atoms with Crippen LogP contribution in [0.5, 0.6) is 5.75 Å². The molecule has 3 aromatic rings. The summed E-state index contributed by atoms with van der Waals surface area (Å²) in [6.07, 6.45) is -1.83. The van der Waals surface area contributed by atoms with E-state index < -0.39 is 12.5 Å². The van der Waals surface area contributed by atoms with Crippen LogP contribution in [0, 0.1) is 0 Å². The molecule has 3 rings (SSSR count). The van der Waals surface area contributed by atoms with Gasteiger partial charge in [-0.05, 0) is 60.9 Å². The zero-order chi connectivity index (χ0) is 20.8. The first-order chi connectivity index (χ1) is 14.0. The first-order valence-electron chi connectivity index (χ1n) is 8.70. The number of amides is 1. The Hall–Kier alpha value is -3.07. The van der Waals surface area contributed by atoms with Crippen LogP contribution in [0.1, 0.15) is 12.1 Å². The maximum Gasteiger partial charge on any atom is 0.404 e. The van der Waals surface area contributed by atoms with E-state index in [2.05, 4.69) is 10.4 Å². The van der Waals surface area contributed by atoms with Gasteiger partial charge in [-0.1, -0.05) is 0 Å². The minimum absolute atomic E-state index is 0.160. The number of hydrogen-bond donors (Lipinski definition) is 2. The number of alkyl halides is 2. The minimum Gasteiger partial charge on any atom is -0.492 e. The molecule has 1 heterocycles. The quantitative estimate of drug-likeness (QED) is 0.403. The molecule has 0 bridgehead atoms. The van der Waals surface area contributed by atoms with Crippen molar-refractivity contribution in [1.29, 1.82) is 0 Å². The van der Waals surface area contributed by atoms with Gasteiger partial charge in [-0.2, -0.15) is 5.10 Å². The predicted octanol–water partition coefficient (Wildman–Crippen LogP) is 4.85. The molecule has 0 fully saturated rings. The highest BCUT2D eigenvalue weighted by Gasteiger charge is 2.18.